The van der Waals surface area contributed by atoms with E-state index in [1.165, 1.54) is 30.7 Å². The maximum Gasteiger partial charge on any atom is 0.238 e. The van der Waals surface area contributed by atoms with Gasteiger partial charge in [0.1, 0.15) is 17.1 Å². The Morgan fingerprint density at radius 3 is 2.53 bits per heavy atom. The molecule has 0 spiro atoms. The number of hydrogen-bond acceptors (Lipinski definition) is 5. The first kappa shape index (κ1) is 20.1. The third kappa shape index (κ3) is 4.21. The van der Waals surface area contributed by atoms with E-state index in [0.717, 1.165) is 25.9 Å². The Morgan fingerprint density at radius 2 is 1.83 bits per heavy atom. The number of anilines is 1. The Bertz CT molecular complexity index is 1070. The molecule has 30 heavy (non-hydrogen) atoms. The Labute approximate surface area is 173 Å². The van der Waals surface area contributed by atoms with Crippen LogP contribution in [-0.4, -0.2) is 43.3 Å². The predicted octanol–water partition coefficient (Wildman–Crippen LogP) is 4.24. The van der Waals surface area contributed by atoms with Gasteiger partial charge in [-0.2, -0.15) is 0 Å². The van der Waals surface area contributed by atoms with Gasteiger partial charge in [0.15, 0.2) is 5.76 Å². The number of methoxy groups -OCH3 is 1. The third-order valence-electron chi connectivity index (χ3n) is 5.29. The summed E-state index contributed by atoms with van der Waals surface area (Å²) in [6.45, 7) is 2.02. The summed E-state index contributed by atoms with van der Waals surface area (Å²) in [6.07, 6.45) is 3.33. The fraction of sp³-hybridized carbons (Fsp3) is 0.304. The quantitative estimate of drug-likeness (QED) is 0.616. The molecule has 6 nitrogen and oxygen atoms in total. The van der Waals surface area contributed by atoms with Crippen LogP contribution in [0.4, 0.5) is 10.1 Å². The predicted molar refractivity (Wildman–Crippen MR) is 112 cm³/mol. The number of furan rings is 1. The first-order valence-corrected chi connectivity index (χ1v) is 9.98. The molecule has 1 aromatic heterocycles. The van der Waals surface area contributed by atoms with E-state index in [0.29, 0.717) is 22.4 Å². The minimum absolute atomic E-state index is 0.0110. The van der Waals surface area contributed by atoms with E-state index in [1.54, 1.807) is 25.3 Å². The van der Waals surface area contributed by atoms with Crippen molar-refractivity contribution in [1.29, 1.82) is 0 Å². The van der Waals surface area contributed by atoms with Crippen molar-refractivity contribution >= 4 is 28.3 Å². The molecule has 1 fully saturated rings. The number of halogens is 1. The van der Waals surface area contributed by atoms with Gasteiger partial charge in [0.05, 0.1) is 19.3 Å². The van der Waals surface area contributed by atoms with E-state index in [2.05, 4.69) is 10.2 Å². The van der Waals surface area contributed by atoms with Crippen LogP contribution < -0.4 is 10.1 Å². The van der Waals surface area contributed by atoms with Gasteiger partial charge in [-0.1, -0.05) is 6.42 Å². The summed E-state index contributed by atoms with van der Waals surface area (Å²) in [5.74, 6) is -0.488. The maximum atomic E-state index is 13.3. The minimum atomic E-state index is -0.434. The third-order valence-corrected chi connectivity index (χ3v) is 5.29. The SMILES string of the molecule is COc1ccc2oc(C(=O)c3ccc(F)cc3)c(NC(=O)CN3CCCCC3)c2c1. The van der Waals surface area contributed by atoms with E-state index in [9.17, 15) is 14.0 Å². The second kappa shape index (κ2) is 8.67. The fourth-order valence-corrected chi connectivity index (χ4v) is 3.72. The maximum absolute atomic E-state index is 13.3. The van der Waals surface area contributed by atoms with Crippen molar-refractivity contribution < 1.29 is 23.1 Å². The Hall–Kier alpha value is -3.19. The number of amides is 1. The number of carbonyl (C=O) groups is 2. The zero-order valence-corrected chi connectivity index (χ0v) is 16.7. The Morgan fingerprint density at radius 1 is 1.10 bits per heavy atom. The highest BCUT2D eigenvalue weighted by atomic mass is 19.1. The van der Waals surface area contributed by atoms with Crippen molar-refractivity contribution in [3.05, 3.63) is 59.6 Å². The van der Waals surface area contributed by atoms with Crippen molar-refractivity contribution in [2.45, 2.75) is 19.3 Å². The van der Waals surface area contributed by atoms with E-state index < -0.39 is 11.6 Å². The van der Waals surface area contributed by atoms with Gasteiger partial charge < -0.3 is 14.5 Å². The van der Waals surface area contributed by atoms with Gasteiger partial charge in [0.25, 0.3) is 0 Å². The summed E-state index contributed by atoms with van der Waals surface area (Å²) in [6, 6.07) is 10.3. The van der Waals surface area contributed by atoms with Crippen LogP contribution in [0.3, 0.4) is 0 Å². The van der Waals surface area contributed by atoms with Crippen molar-refractivity contribution in [2.75, 3.05) is 32.1 Å². The van der Waals surface area contributed by atoms with Gasteiger partial charge in [0.2, 0.25) is 11.7 Å². The molecule has 3 aromatic rings. The van der Waals surface area contributed by atoms with Crippen LogP contribution in [0.15, 0.2) is 46.9 Å². The summed E-state index contributed by atoms with van der Waals surface area (Å²) in [4.78, 5) is 27.9. The van der Waals surface area contributed by atoms with Crippen molar-refractivity contribution in [1.82, 2.24) is 4.90 Å². The zero-order valence-electron chi connectivity index (χ0n) is 16.7. The zero-order chi connectivity index (χ0) is 21.1. The highest BCUT2D eigenvalue weighted by molar-refractivity contribution is 6.17. The van der Waals surface area contributed by atoms with Gasteiger partial charge in [-0.05, 0) is 68.4 Å². The highest BCUT2D eigenvalue weighted by Gasteiger charge is 2.25. The first-order valence-electron chi connectivity index (χ1n) is 9.98. The summed E-state index contributed by atoms with van der Waals surface area (Å²) >= 11 is 0. The van der Waals surface area contributed by atoms with Crippen molar-refractivity contribution in [3.63, 3.8) is 0 Å². The topological polar surface area (TPSA) is 71.8 Å². The lowest BCUT2D eigenvalue weighted by molar-refractivity contribution is -0.117. The van der Waals surface area contributed by atoms with Gasteiger partial charge in [-0.3, -0.25) is 14.5 Å². The number of nitrogens with zero attached hydrogens (tertiary/aromatic N) is 1. The molecular formula is C23H23FN2O4. The molecule has 1 aliphatic heterocycles. The van der Waals surface area contributed by atoms with Crippen molar-refractivity contribution in [2.24, 2.45) is 0 Å². The lowest BCUT2D eigenvalue weighted by Gasteiger charge is -2.25. The molecule has 2 aromatic carbocycles. The summed E-state index contributed by atoms with van der Waals surface area (Å²) in [5, 5.41) is 3.45. The van der Waals surface area contributed by atoms with E-state index in [-0.39, 0.29) is 23.8 Å². The Balaban J connectivity index is 1.69. The van der Waals surface area contributed by atoms with Crippen LogP contribution in [0, 0.1) is 5.82 Å². The van der Waals surface area contributed by atoms with Gasteiger partial charge in [0, 0.05) is 10.9 Å². The largest absolute Gasteiger partial charge is 0.497 e. The molecule has 0 saturated carbocycles. The molecule has 156 valence electrons. The van der Waals surface area contributed by atoms with Crippen molar-refractivity contribution in [3.8, 4) is 5.75 Å². The Kier molecular flexibility index (Phi) is 5.81. The van der Waals surface area contributed by atoms with E-state index in [1.807, 2.05) is 0 Å². The molecule has 7 heteroatoms. The van der Waals surface area contributed by atoms with Gasteiger partial charge >= 0.3 is 0 Å². The second-order valence-corrected chi connectivity index (χ2v) is 7.39. The lowest BCUT2D eigenvalue weighted by Crippen LogP contribution is -2.37. The fourth-order valence-electron chi connectivity index (χ4n) is 3.72. The normalized spacial score (nSPS) is 14.6. The summed E-state index contributed by atoms with van der Waals surface area (Å²) < 4.78 is 24.4. The number of likely N-dealkylation sites (tertiary alicyclic amines) is 1. The number of benzene rings is 2. The summed E-state index contributed by atoms with van der Waals surface area (Å²) in [5.41, 5.74) is 1.03. The average Bonchev–Trinajstić information content (AvgIpc) is 3.11. The second-order valence-electron chi connectivity index (χ2n) is 7.39. The molecule has 2 heterocycles. The molecule has 0 atom stereocenters. The van der Waals surface area contributed by atoms with Crippen LogP contribution >= 0.6 is 0 Å². The monoisotopic (exact) mass is 410 g/mol. The smallest absolute Gasteiger partial charge is 0.238 e. The van der Waals surface area contributed by atoms with Gasteiger partial charge in [-0.15, -0.1) is 0 Å². The molecule has 0 bridgehead atoms. The standard InChI is InChI=1S/C23H23FN2O4/c1-29-17-9-10-19-18(13-17)21(25-20(27)14-26-11-3-2-4-12-26)23(30-19)22(28)15-5-7-16(24)8-6-15/h5-10,13H,2-4,11-12,14H2,1H3,(H,25,27). The minimum Gasteiger partial charge on any atom is -0.497 e. The molecule has 0 radical (unpaired) electrons. The first-order chi connectivity index (χ1) is 14.5. The van der Waals surface area contributed by atoms with E-state index in [4.69, 9.17) is 9.15 Å². The van der Waals surface area contributed by atoms with Crippen LogP contribution in [0.5, 0.6) is 5.75 Å². The number of fused-ring (bicyclic) bond motifs is 1. The molecule has 1 N–H and O–H groups in total. The van der Waals surface area contributed by atoms with Gasteiger partial charge in [-0.25, -0.2) is 4.39 Å². The number of ether oxygens (including phenoxy) is 1. The van der Waals surface area contributed by atoms with Crippen LogP contribution in [0.1, 0.15) is 35.4 Å². The molecule has 0 unspecified atom stereocenters. The molecule has 4 rings (SSSR count). The lowest BCUT2D eigenvalue weighted by atomic mass is 10.1. The van der Waals surface area contributed by atoms with Crippen LogP contribution in [0.25, 0.3) is 11.0 Å². The number of piperidine rings is 1. The number of rotatable bonds is 6. The van der Waals surface area contributed by atoms with E-state index >= 15 is 0 Å². The van der Waals surface area contributed by atoms with Crippen LogP contribution in [-0.2, 0) is 4.79 Å². The number of hydrogen-bond donors (Lipinski definition) is 1. The number of carbonyl (C=O) groups excluding carboxylic acids is 2. The number of nitrogens with one attached hydrogen (secondary N) is 1. The molecule has 0 aliphatic carbocycles. The van der Waals surface area contributed by atoms with Crippen LogP contribution in [0.2, 0.25) is 0 Å². The molecule has 1 saturated heterocycles. The average molecular weight is 410 g/mol. The molecular weight excluding hydrogens is 387 g/mol. The molecule has 1 amide bonds. The highest BCUT2D eigenvalue weighted by Crippen LogP contribution is 2.35. The molecule has 1 aliphatic rings. The summed E-state index contributed by atoms with van der Waals surface area (Å²) in [7, 11) is 1.54. The number of ketones is 1.